The Hall–Kier alpha value is -0.0800. The Balaban J connectivity index is 3.15. The molecule has 0 heterocycles. The van der Waals surface area contributed by atoms with E-state index in [4.69, 9.17) is 5.11 Å². The summed E-state index contributed by atoms with van der Waals surface area (Å²) in [6.45, 7) is 3.07. The molecule has 0 fully saturated rings. The van der Waals surface area contributed by atoms with Gasteiger partial charge < -0.3 is 10.2 Å². The molecule has 0 unspecified atom stereocenters. The Morgan fingerprint density at radius 3 is 2.00 bits per heavy atom. The fraction of sp³-hybridized carbons (Fsp3) is 1.00. The van der Waals surface area contributed by atoms with Gasteiger partial charge >= 0.3 is 0 Å². The minimum atomic E-state index is -0.762. The van der Waals surface area contributed by atoms with E-state index in [1.54, 1.807) is 13.8 Å². The first-order valence-electron chi connectivity index (χ1n) is 2.37. The maximum absolute atomic E-state index is 9.79. The summed E-state index contributed by atoms with van der Waals surface area (Å²) in [5, 5.41) is 18.6. The van der Waals surface area contributed by atoms with Crippen molar-refractivity contribution in [2.24, 2.45) is 0 Å². The normalized spacial score (nSPS) is 12.0. The first kappa shape index (κ1) is 6.92. The van der Waals surface area contributed by atoms with Crippen LogP contribution in [0.3, 0.4) is 0 Å². The predicted octanol–water partition coefficient (Wildman–Crippen LogP) is -0.492. The highest BCUT2D eigenvalue weighted by molar-refractivity contribution is 4.61. The van der Waals surface area contributed by atoms with Crippen LogP contribution < -0.4 is 5.11 Å². The summed E-state index contributed by atoms with van der Waals surface area (Å²) in [5.74, 6) is 0. The van der Waals surface area contributed by atoms with Crippen LogP contribution in [-0.2, 0) is 0 Å². The monoisotopic (exact) mass is 103 g/mol. The molecule has 0 aromatic rings. The van der Waals surface area contributed by atoms with Crippen LogP contribution in [0, 0.1) is 0 Å². The number of rotatable bonds is 2. The van der Waals surface area contributed by atoms with Crippen molar-refractivity contribution in [2.75, 3.05) is 6.61 Å². The lowest BCUT2D eigenvalue weighted by Gasteiger charge is -2.17. The molecule has 2 heteroatoms. The van der Waals surface area contributed by atoms with Gasteiger partial charge in [0.1, 0.15) is 0 Å². The van der Waals surface area contributed by atoms with E-state index in [0.717, 1.165) is 0 Å². The van der Waals surface area contributed by atoms with Crippen molar-refractivity contribution in [1.82, 2.24) is 0 Å². The topological polar surface area (TPSA) is 43.3 Å². The summed E-state index contributed by atoms with van der Waals surface area (Å²) < 4.78 is 0. The molecule has 0 saturated carbocycles. The summed E-state index contributed by atoms with van der Waals surface area (Å²) in [4.78, 5) is 0. The zero-order valence-corrected chi connectivity index (χ0v) is 4.77. The van der Waals surface area contributed by atoms with Gasteiger partial charge in [-0.15, -0.1) is 6.61 Å². The fourth-order valence-electron chi connectivity index (χ4n) is 0.250. The van der Waals surface area contributed by atoms with E-state index in [2.05, 4.69) is 0 Å². The van der Waals surface area contributed by atoms with Crippen LogP contribution in [-0.4, -0.2) is 17.3 Å². The average molecular weight is 103 g/mol. The Morgan fingerprint density at radius 2 is 2.00 bits per heavy atom. The van der Waals surface area contributed by atoms with Crippen LogP contribution >= 0.6 is 0 Å². The highest BCUT2D eigenvalue weighted by atomic mass is 16.3. The Kier molecular flexibility index (Phi) is 2.26. The minimum Gasteiger partial charge on any atom is -0.854 e. The Labute approximate surface area is 43.8 Å². The second kappa shape index (κ2) is 2.28. The average Bonchev–Trinajstić information content (AvgIpc) is 1.30. The first-order chi connectivity index (χ1) is 3.06. The van der Waals surface area contributed by atoms with Crippen LogP contribution in [0.25, 0.3) is 0 Å². The van der Waals surface area contributed by atoms with E-state index in [1.807, 2.05) is 0 Å². The van der Waals surface area contributed by atoms with Gasteiger partial charge in [-0.25, -0.2) is 0 Å². The number of hydrogen-bond acceptors (Lipinski definition) is 2. The Morgan fingerprint density at radius 1 is 1.57 bits per heavy atom. The molecule has 0 bridgehead atoms. The third kappa shape index (κ3) is 5.92. The smallest absolute Gasteiger partial charge is 0.0579 e. The second-order valence-electron chi connectivity index (χ2n) is 2.27. The quantitative estimate of drug-likeness (QED) is 0.512. The second-order valence-corrected chi connectivity index (χ2v) is 2.27. The lowest BCUT2D eigenvalue weighted by molar-refractivity contribution is -0.373. The highest BCUT2D eigenvalue weighted by Crippen LogP contribution is 2.03. The zero-order chi connectivity index (χ0) is 5.91. The van der Waals surface area contributed by atoms with Crippen LogP contribution in [0.1, 0.15) is 20.3 Å². The third-order valence-electron chi connectivity index (χ3n) is 0.714. The van der Waals surface area contributed by atoms with E-state index in [1.165, 1.54) is 0 Å². The number of hydrogen-bond donors (Lipinski definition) is 1. The summed E-state index contributed by atoms with van der Waals surface area (Å²) >= 11 is 0. The molecule has 0 aromatic carbocycles. The molecule has 0 spiro atoms. The van der Waals surface area contributed by atoms with Crippen molar-refractivity contribution >= 4 is 0 Å². The van der Waals surface area contributed by atoms with Gasteiger partial charge in [-0.05, 0) is 20.3 Å². The number of aliphatic hydroxyl groups is 1. The van der Waals surface area contributed by atoms with E-state index in [0.29, 0.717) is 6.42 Å². The van der Waals surface area contributed by atoms with Crippen LogP contribution in [0.15, 0.2) is 0 Å². The van der Waals surface area contributed by atoms with Gasteiger partial charge in [0.2, 0.25) is 0 Å². The van der Waals surface area contributed by atoms with Crippen molar-refractivity contribution < 1.29 is 10.2 Å². The van der Waals surface area contributed by atoms with Crippen molar-refractivity contribution in [3.8, 4) is 0 Å². The molecule has 0 saturated heterocycles. The molecule has 1 N–H and O–H groups in total. The van der Waals surface area contributed by atoms with Gasteiger partial charge in [-0.2, -0.15) is 0 Å². The minimum absolute atomic E-state index is 0.191. The van der Waals surface area contributed by atoms with E-state index < -0.39 is 5.60 Å². The van der Waals surface area contributed by atoms with Gasteiger partial charge in [-0.1, -0.05) is 0 Å². The highest BCUT2D eigenvalue weighted by Gasteiger charge is 2.06. The van der Waals surface area contributed by atoms with Crippen LogP contribution in [0.5, 0.6) is 0 Å². The molecular weight excluding hydrogens is 92.1 g/mol. The Bertz CT molecular complexity index is 44.5. The fourth-order valence-corrected chi connectivity index (χ4v) is 0.250. The van der Waals surface area contributed by atoms with Crippen molar-refractivity contribution in [1.29, 1.82) is 0 Å². The maximum Gasteiger partial charge on any atom is 0.0579 e. The van der Waals surface area contributed by atoms with Gasteiger partial charge in [0.05, 0.1) is 5.60 Å². The van der Waals surface area contributed by atoms with Gasteiger partial charge in [-0.3, -0.25) is 0 Å². The molecular formula is C5H11O2-. The van der Waals surface area contributed by atoms with E-state index in [9.17, 15) is 5.11 Å². The summed E-state index contributed by atoms with van der Waals surface area (Å²) in [7, 11) is 0. The molecule has 44 valence electrons. The largest absolute Gasteiger partial charge is 0.854 e. The van der Waals surface area contributed by atoms with Crippen molar-refractivity contribution in [2.45, 2.75) is 25.9 Å². The van der Waals surface area contributed by atoms with Gasteiger partial charge in [0.15, 0.2) is 0 Å². The van der Waals surface area contributed by atoms with Crippen molar-refractivity contribution in [3.05, 3.63) is 0 Å². The SMILES string of the molecule is CC(C)(O)CC[O-]. The lowest BCUT2D eigenvalue weighted by atomic mass is 10.1. The van der Waals surface area contributed by atoms with Crippen molar-refractivity contribution in [3.63, 3.8) is 0 Å². The zero-order valence-electron chi connectivity index (χ0n) is 4.77. The molecule has 0 aliphatic heterocycles. The van der Waals surface area contributed by atoms with Gasteiger partial charge in [0.25, 0.3) is 0 Å². The van der Waals surface area contributed by atoms with Gasteiger partial charge in [0, 0.05) is 0 Å². The molecule has 0 aliphatic rings. The molecule has 0 aliphatic carbocycles. The third-order valence-corrected chi connectivity index (χ3v) is 0.714. The molecule has 0 rings (SSSR count). The molecule has 2 nitrogen and oxygen atoms in total. The summed E-state index contributed by atoms with van der Waals surface area (Å²) in [5.41, 5.74) is -0.762. The molecule has 0 atom stereocenters. The molecule has 0 radical (unpaired) electrons. The summed E-state index contributed by atoms with van der Waals surface area (Å²) in [6.07, 6.45) is 0.340. The molecule has 0 amide bonds. The summed E-state index contributed by atoms with van der Waals surface area (Å²) in [6, 6.07) is 0. The molecule has 0 aromatic heterocycles. The van der Waals surface area contributed by atoms with Crippen LogP contribution in [0.2, 0.25) is 0 Å². The van der Waals surface area contributed by atoms with E-state index >= 15 is 0 Å². The first-order valence-corrected chi connectivity index (χ1v) is 2.37. The molecule has 7 heavy (non-hydrogen) atoms. The predicted molar refractivity (Wildman–Crippen MR) is 25.8 cm³/mol. The lowest BCUT2D eigenvalue weighted by Crippen LogP contribution is -2.24. The maximum atomic E-state index is 9.79. The standard InChI is InChI=1S/C5H11O2/c1-5(2,7)3-4-6/h7H,3-4H2,1-2H3/q-1. The van der Waals surface area contributed by atoms with E-state index in [-0.39, 0.29) is 6.61 Å². The van der Waals surface area contributed by atoms with Crippen LogP contribution in [0.4, 0.5) is 0 Å².